The maximum absolute atomic E-state index is 12.3. The first-order valence-electron chi connectivity index (χ1n) is 6.50. The van der Waals surface area contributed by atoms with E-state index in [1.807, 2.05) is 6.07 Å². The van der Waals surface area contributed by atoms with E-state index in [2.05, 4.69) is 4.98 Å². The Morgan fingerprint density at radius 1 is 1.26 bits per heavy atom. The van der Waals surface area contributed by atoms with E-state index in [1.54, 1.807) is 30.4 Å². The average Bonchev–Trinajstić information content (AvgIpc) is 2.46. The average molecular weight is 262 g/mol. The first-order chi connectivity index (χ1) is 9.09. The van der Waals surface area contributed by atoms with Crippen LogP contribution in [0.25, 0.3) is 0 Å². The Morgan fingerprint density at radius 3 is 2.42 bits per heavy atom. The van der Waals surface area contributed by atoms with Gasteiger partial charge in [-0.1, -0.05) is 0 Å². The van der Waals surface area contributed by atoms with Gasteiger partial charge in [0.25, 0.3) is 0 Å². The molecule has 1 aromatic rings. The van der Waals surface area contributed by atoms with E-state index in [1.165, 1.54) is 0 Å². The highest BCUT2D eigenvalue weighted by Crippen LogP contribution is 2.30. The van der Waals surface area contributed by atoms with Crippen LogP contribution in [0.2, 0.25) is 0 Å². The minimum Gasteiger partial charge on any atom is -0.481 e. The molecule has 2 rings (SSSR count). The predicted molar refractivity (Wildman–Crippen MR) is 70.7 cm³/mol. The molecule has 0 aliphatic heterocycles. The second-order valence-corrected chi connectivity index (χ2v) is 5.00. The van der Waals surface area contributed by atoms with Crippen LogP contribution in [-0.2, 0) is 9.59 Å². The molecule has 1 saturated carbocycles. The molecule has 1 fully saturated rings. The molecule has 1 aliphatic carbocycles. The van der Waals surface area contributed by atoms with Crippen molar-refractivity contribution in [1.82, 2.24) is 4.98 Å². The summed E-state index contributed by atoms with van der Waals surface area (Å²) in [5.41, 5.74) is 0.771. The van der Waals surface area contributed by atoms with Crippen molar-refractivity contribution in [2.75, 3.05) is 11.9 Å². The molecule has 1 aromatic heterocycles. The molecular formula is C14H18N2O3. The molecule has 19 heavy (non-hydrogen) atoms. The van der Waals surface area contributed by atoms with E-state index in [0.29, 0.717) is 25.7 Å². The molecule has 1 N–H and O–H groups in total. The van der Waals surface area contributed by atoms with Gasteiger partial charge in [0, 0.05) is 19.2 Å². The van der Waals surface area contributed by atoms with Crippen molar-refractivity contribution in [3.05, 3.63) is 24.5 Å². The van der Waals surface area contributed by atoms with Crippen LogP contribution in [0.15, 0.2) is 24.5 Å². The van der Waals surface area contributed by atoms with Crippen LogP contribution >= 0.6 is 0 Å². The van der Waals surface area contributed by atoms with E-state index < -0.39 is 5.97 Å². The second-order valence-electron chi connectivity index (χ2n) is 5.00. The van der Waals surface area contributed by atoms with Crippen molar-refractivity contribution in [2.45, 2.75) is 25.7 Å². The third-order valence-corrected chi connectivity index (χ3v) is 3.79. The Labute approximate surface area is 112 Å². The fraction of sp³-hybridized carbons (Fsp3) is 0.500. The molecule has 1 amide bonds. The Hall–Kier alpha value is -1.91. The number of aliphatic carboxylic acids is 1. The smallest absolute Gasteiger partial charge is 0.306 e. The van der Waals surface area contributed by atoms with Crippen molar-refractivity contribution in [3.63, 3.8) is 0 Å². The number of hydrogen-bond acceptors (Lipinski definition) is 3. The van der Waals surface area contributed by atoms with E-state index in [9.17, 15) is 9.59 Å². The zero-order chi connectivity index (χ0) is 13.8. The maximum atomic E-state index is 12.3. The summed E-state index contributed by atoms with van der Waals surface area (Å²) in [5.74, 6) is -1.04. The standard InChI is InChI=1S/C14H18N2O3/c1-16(12-3-2-8-15-9-12)13(17)10-4-6-11(7-5-10)14(18)19/h2-3,8-11H,4-7H2,1H3,(H,18,19). The van der Waals surface area contributed by atoms with Crippen LogP contribution in [0.5, 0.6) is 0 Å². The second kappa shape index (κ2) is 5.82. The summed E-state index contributed by atoms with van der Waals surface area (Å²) < 4.78 is 0. The van der Waals surface area contributed by atoms with Crippen LogP contribution in [-0.4, -0.2) is 29.0 Å². The summed E-state index contributed by atoms with van der Waals surface area (Å²) >= 11 is 0. The quantitative estimate of drug-likeness (QED) is 0.903. The number of rotatable bonds is 3. The van der Waals surface area contributed by atoms with Gasteiger partial charge in [-0.15, -0.1) is 0 Å². The normalized spacial score (nSPS) is 22.8. The number of anilines is 1. The SMILES string of the molecule is CN(C(=O)C1CCC(C(=O)O)CC1)c1cccnc1. The van der Waals surface area contributed by atoms with Crippen molar-refractivity contribution >= 4 is 17.6 Å². The van der Waals surface area contributed by atoms with E-state index in [4.69, 9.17) is 5.11 Å². The van der Waals surface area contributed by atoms with Crippen molar-refractivity contribution in [1.29, 1.82) is 0 Å². The van der Waals surface area contributed by atoms with Crippen LogP contribution < -0.4 is 4.90 Å². The molecule has 0 radical (unpaired) electrons. The van der Waals surface area contributed by atoms with Crippen molar-refractivity contribution in [2.24, 2.45) is 11.8 Å². The highest BCUT2D eigenvalue weighted by molar-refractivity contribution is 5.94. The lowest BCUT2D eigenvalue weighted by Gasteiger charge is -2.28. The molecular weight excluding hydrogens is 244 g/mol. The molecule has 1 heterocycles. The zero-order valence-corrected chi connectivity index (χ0v) is 11.0. The first kappa shape index (κ1) is 13.5. The fourth-order valence-electron chi connectivity index (χ4n) is 2.54. The number of carboxylic acid groups (broad SMARTS) is 1. The number of carbonyl (C=O) groups excluding carboxylic acids is 1. The summed E-state index contributed by atoms with van der Waals surface area (Å²) in [4.78, 5) is 28.8. The molecule has 0 bridgehead atoms. The third-order valence-electron chi connectivity index (χ3n) is 3.79. The lowest BCUT2D eigenvalue weighted by Crippen LogP contribution is -2.36. The van der Waals surface area contributed by atoms with Gasteiger partial charge in [0.15, 0.2) is 0 Å². The van der Waals surface area contributed by atoms with Gasteiger partial charge < -0.3 is 10.0 Å². The summed E-state index contributed by atoms with van der Waals surface area (Å²) in [7, 11) is 1.74. The highest BCUT2D eigenvalue weighted by Gasteiger charge is 2.31. The van der Waals surface area contributed by atoms with E-state index >= 15 is 0 Å². The van der Waals surface area contributed by atoms with Gasteiger partial charge in [0.05, 0.1) is 17.8 Å². The maximum Gasteiger partial charge on any atom is 0.306 e. The van der Waals surface area contributed by atoms with Crippen molar-refractivity contribution < 1.29 is 14.7 Å². The lowest BCUT2D eigenvalue weighted by molar-refractivity contribution is -0.143. The van der Waals surface area contributed by atoms with Crippen molar-refractivity contribution in [3.8, 4) is 0 Å². The minimum atomic E-state index is -0.744. The third kappa shape index (κ3) is 3.10. The van der Waals surface area contributed by atoms with Gasteiger partial charge in [0.2, 0.25) is 5.91 Å². The molecule has 5 heteroatoms. The predicted octanol–water partition coefficient (Wildman–Crippen LogP) is 1.94. The van der Waals surface area contributed by atoms with Crippen LogP contribution in [0, 0.1) is 11.8 Å². The Bertz CT molecular complexity index is 453. The molecule has 102 valence electrons. The van der Waals surface area contributed by atoms with E-state index in [0.717, 1.165) is 5.69 Å². The molecule has 0 aromatic carbocycles. The van der Waals surface area contributed by atoms with Gasteiger partial charge in [-0.05, 0) is 37.8 Å². The summed E-state index contributed by atoms with van der Waals surface area (Å²) in [6.45, 7) is 0. The Kier molecular flexibility index (Phi) is 4.14. The lowest BCUT2D eigenvalue weighted by atomic mass is 9.81. The molecule has 1 aliphatic rings. The highest BCUT2D eigenvalue weighted by atomic mass is 16.4. The van der Waals surface area contributed by atoms with E-state index in [-0.39, 0.29) is 17.7 Å². The number of pyridine rings is 1. The first-order valence-corrected chi connectivity index (χ1v) is 6.50. The van der Waals surface area contributed by atoms with Crippen LogP contribution in [0.1, 0.15) is 25.7 Å². The van der Waals surface area contributed by atoms with Gasteiger partial charge in [-0.25, -0.2) is 0 Å². The number of hydrogen-bond donors (Lipinski definition) is 1. The summed E-state index contributed by atoms with van der Waals surface area (Å²) in [6.07, 6.45) is 5.81. The monoisotopic (exact) mass is 262 g/mol. The van der Waals surface area contributed by atoms with Crippen LogP contribution in [0.4, 0.5) is 5.69 Å². The Balaban J connectivity index is 1.96. The summed E-state index contributed by atoms with van der Waals surface area (Å²) in [6, 6.07) is 3.63. The molecule has 0 spiro atoms. The zero-order valence-electron chi connectivity index (χ0n) is 11.0. The molecule has 0 saturated heterocycles. The number of carboxylic acids is 1. The minimum absolute atomic E-state index is 0.0526. The topological polar surface area (TPSA) is 70.5 Å². The summed E-state index contributed by atoms with van der Waals surface area (Å²) in [5, 5.41) is 8.95. The number of aromatic nitrogens is 1. The van der Waals surface area contributed by atoms with Gasteiger partial charge >= 0.3 is 5.97 Å². The number of nitrogens with zero attached hydrogens (tertiary/aromatic N) is 2. The number of carbonyl (C=O) groups is 2. The number of amides is 1. The largest absolute Gasteiger partial charge is 0.481 e. The molecule has 5 nitrogen and oxygen atoms in total. The van der Waals surface area contributed by atoms with Gasteiger partial charge in [0.1, 0.15) is 0 Å². The van der Waals surface area contributed by atoms with Gasteiger partial charge in [-0.2, -0.15) is 0 Å². The Morgan fingerprint density at radius 2 is 1.89 bits per heavy atom. The fourth-order valence-corrected chi connectivity index (χ4v) is 2.54. The molecule has 0 unspecified atom stereocenters. The molecule has 0 atom stereocenters. The van der Waals surface area contributed by atoms with Gasteiger partial charge in [-0.3, -0.25) is 14.6 Å². The van der Waals surface area contributed by atoms with Crippen LogP contribution in [0.3, 0.4) is 0 Å².